The van der Waals surface area contributed by atoms with Gasteiger partial charge < -0.3 is 14.6 Å². The summed E-state index contributed by atoms with van der Waals surface area (Å²) in [6, 6.07) is 16.4. The van der Waals surface area contributed by atoms with Gasteiger partial charge in [0, 0.05) is 43.0 Å². The van der Waals surface area contributed by atoms with Gasteiger partial charge in [-0.05, 0) is 41.7 Å². The highest BCUT2D eigenvalue weighted by Crippen LogP contribution is 2.35. The van der Waals surface area contributed by atoms with Crippen LogP contribution in [0.15, 0.2) is 54.7 Å². The Bertz CT molecular complexity index is 925. The molecule has 0 fully saturated rings. The van der Waals surface area contributed by atoms with Crippen LogP contribution in [0.2, 0.25) is 0 Å². The van der Waals surface area contributed by atoms with E-state index < -0.39 is 0 Å². The molecule has 0 bridgehead atoms. The summed E-state index contributed by atoms with van der Waals surface area (Å²) in [5.74, 6) is 1.49. The van der Waals surface area contributed by atoms with Gasteiger partial charge in [0.05, 0.1) is 7.11 Å². The highest BCUT2D eigenvalue weighted by atomic mass is 16.5. The molecular formula is C24H30N2O2. The highest BCUT2D eigenvalue weighted by molar-refractivity contribution is 5.86. The number of benzene rings is 2. The Labute approximate surface area is 167 Å². The van der Waals surface area contributed by atoms with Gasteiger partial charge in [-0.25, -0.2) is 0 Å². The number of nitrogens with one attached hydrogen (secondary N) is 1. The molecule has 0 saturated carbocycles. The van der Waals surface area contributed by atoms with Crippen molar-refractivity contribution in [2.75, 3.05) is 13.7 Å². The molecule has 3 aromatic rings. The summed E-state index contributed by atoms with van der Waals surface area (Å²) in [6.45, 7) is 5.06. The maximum Gasteiger partial charge on any atom is 0.220 e. The van der Waals surface area contributed by atoms with Crippen molar-refractivity contribution in [1.29, 1.82) is 0 Å². The molecule has 4 nitrogen and oxygen atoms in total. The zero-order chi connectivity index (χ0) is 20.1. The Morgan fingerprint density at radius 1 is 1.11 bits per heavy atom. The van der Waals surface area contributed by atoms with Gasteiger partial charge in [0.1, 0.15) is 5.75 Å². The van der Waals surface area contributed by atoms with Crippen molar-refractivity contribution >= 4 is 16.8 Å². The van der Waals surface area contributed by atoms with E-state index in [4.69, 9.17) is 4.74 Å². The maximum atomic E-state index is 12.7. The number of rotatable bonds is 8. The molecular weight excluding hydrogens is 348 g/mol. The molecule has 1 atom stereocenters. The standard InChI is InChI=1S/C24H30N2O2/c1-17(2)13-14-25-24(27)15-21(18-9-11-19(28-4)12-10-18)22-16-26(3)23-8-6-5-7-20(22)23/h5-12,16-17,21H,13-15H2,1-4H3,(H,25,27)/t21-/m1/s1. The van der Waals surface area contributed by atoms with Gasteiger partial charge in [0.25, 0.3) is 0 Å². The van der Waals surface area contributed by atoms with E-state index >= 15 is 0 Å². The molecule has 1 aromatic heterocycles. The Kier molecular flexibility index (Phi) is 6.40. The Morgan fingerprint density at radius 2 is 1.82 bits per heavy atom. The van der Waals surface area contributed by atoms with Crippen molar-refractivity contribution in [3.63, 3.8) is 0 Å². The second-order valence-corrected chi connectivity index (χ2v) is 7.77. The first-order chi connectivity index (χ1) is 13.5. The van der Waals surface area contributed by atoms with Crippen molar-refractivity contribution in [2.45, 2.75) is 32.6 Å². The van der Waals surface area contributed by atoms with E-state index in [1.54, 1.807) is 7.11 Å². The maximum absolute atomic E-state index is 12.7. The Hall–Kier alpha value is -2.75. The van der Waals surface area contributed by atoms with Crippen LogP contribution in [0.25, 0.3) is 10.9 Å². The van der Waals surface area contributed by atoms with Gasteiger partial charge in [0.2, 0.25) is 5.91 Å². The number of fused-ring (bicyclic) bond motifs is 1. The largest absolute Gasteiger partial charge is 0.497 e. The molecule has 4 heteroatoms. The van der Waals surface area contributed by atoms with E-state index in [9.17, 15) is 4.79 Å². The summed E-state index contributed by atoms with van der Waals surface area (Å²) in [6.07, 6.45) is 3.58. The lowest BCUT2D eigenvalue weighted by Crippen LogP contribution is -2.27. The zero-order valence-corrected chi connectivity index (χ0v) is 17.2. The smallest absolute Gasteiger partial charge is 0.220 e. The first kappa shape index (κ1) is 20.0. The summed E-state index contributed by atoms with van der Waals surface area (Å²) < 4.78 is 7.44. The summed E-state index contributed by atoms with van der Waals surface area (Å²) in [5.41, 5.74) is 3.48. The molecule has 1 amide bonds. The van der Waals surface area contributed by atoms with Crippen LogP contribution in [-0.2, 0) is 11.8 Å². The average Bonchev–Trinajstić information content (AvgIpc) is 3.03. The van der Waals surface area contributed by atoms with Crippen LogP contribution in [0, 0.1) is 5.92 Å². The summed E-state index contributed by atoms with van der Waals surface area (Å²) >= 11 is 0. The number of carbonyl (C=O) groups is 1. The van der Waals surface area contributed by atoms with Crippen LogP contribution < -0.4 is 10.1 Å². The summed E-state index contributed by atoms with van der Waals surface area (Å²) in [4.78, 5) is 12.7. The Balaban J connectivity index is 1.93. The molecule has 0 unspecified atom stereocenters. The normalized spacial score (nSPS) is 12.3. The minimum Gasteiger partial charge on any atom is -0.497 e. The molecule has 0 aliphatic carbocycles. The lowest BCUT2D eigenvalue weighted by molar-refractivity contribution is -0.121. The molecule has 148 valence electrons. The fraction of sp³-hybridized carbons (Fsp3) is 0.375. The second kappa shape index (κ2) is 8.96. The second-order valence-electron chi connectivity index (χ2n) is 7.77. The van der Waals surface area contributed by atoms with Crippen molar-refractivity contribution in [1.82, 2.24) is 9.88 Å². The Morgan fingerprint density at radius 3 is 2.50 bits per heavy atom. The summed E-state index contributed by atoms with van der Waals surface area (Å²) in [5, 5.41) is 4.29. The number of nitrogens with zero attached hydrogens (tertiary/aromatic N) is 1. The number of hydrogen-bond acceptors (Lipinski definition) is 2. The predicted molar refractivity (Wildman–Crippen MR) is 115 cm³/mol. The molecule has 0 spiro atoms. The average molecular weight is 379 g/mol. The van der Waals surface area contributed by atoms with Gasteiger partial charge in [-0.15, -0.1) is 0 Å². The topological polar surface area (TPSA) is 43.3 Å². The lowest BCUT2D eigenvalue weighted by atomic mass is 9.88. The number of aryl methyl sites for hydroxylation is 1. The van der Waals surface area contributed by atoms with Crippen LogP contribution in [0.5, 0.6) is 5.75 Å². The van der Waals surface area contributed by atoms with Crippen molar-refractivity contribution in [3.05, 3.63) is 65.9 Å². The van der Waals surface area contributed by atoms with Crippen LogP contribution in [0.1, 0.15) is 43.7 Å². The highest BCUT2D eigenvalue weighted by Gasteiger charge is 2.22. The van der Waals surface area contributed by atoms with E-state index in [2.05, 4.69) is 67.3 Å². The lowest BCUT2D eigenvalue weighted by Gasteiger charge is -2.18. The minimum absolute atomic E-state index is 0.00365. The molecule has 1 heterocycles. The van der Waals surface area contributed by atoms with Crippen molar-refractivity contribution in [3.8, 4) is 5.75 Å². The van der Waals surface area contributed by atoms with Crippen LogP contribution in [-0.4, -0.2) is 24.1 Å². The molecule has 28 heavy (non-hydrogen) atoms. The summed E-state index contributed by atoms with van der Waals surface area (Å²) in [7, 11) is 3.72. The fourth-order valence-electron chi connectivity index (χ4n) is 3.65. The van der Waals surface area contributed by atoms with E-state index in [-0.39, 0.29) is 11.8 Å². The van der Waals surface area contributed by atoms with Gasteiger partial charge in [-0.1, -0.05) is 44.2 Å². The molecule has 0 saturated heterocycles. The molecule has 1 N–H and O–H groups in total. The number of aromatic nitrogens is 1. The number of ether oxygens (including phenoxy) is 1. The van der Waals surface area contributed by atoms with Gasteiger partial charge in [0.15, 0.2) is 0 Å². The van der Waals surface area contributed by atoms with Gasteiger partial charge in [-0.3, -0.25) is 4.79 Å². The third kappa shape index (κ3) is 4.56. The molecule has 0 radical (unpaired) electrons. The number of amides is 1. The first-order valence-electron chi connectivity index (χ1n) is 9.94. The SMILES string of the molecule is COc1ccc([C@@H](CC(=O)NCCC(C)C)c2cn(C)c3ccccc23)cc1. The van der Waals surface area contributed by atoms with Crippen molar-refractivity contribution in [2.24, 2.45) is 13.0 Å². The molecule has 2 aromatic carbocycles. The number of para-hydroxylation sites is 1. The third-order valence-electron chi connectivity index (χ3n) is 5.25. The molecule has 0 aliphatic rings. The fourth-order valence-corrected chi connectivity index (χ4v) is 3.65. The van der Waals surface area contributed by atoms with Crippen LogP contribution in [0.4, 0.5) is 0 Å². The number of hydrogen-bond donors (Lipinski definition) is 1. The number of methoxy groups -OCH3 is 1. The quantitative estimate of drug-likeness (QED) is 0.608. The first-order valence-corrected chi connectivity index (χ1v) is 9.94. The van der Waals surface area contributed by atoms with E-state index in [0.29, 0.717) is 12.3 Å². The van der Waals surface area contributed by atoms with Gasteiger partial charge >= 0.3 is 0 Å². The monoisotopic (exact) mass is 378 g/mol. The number of carbonyl (C=O) groups excluding carboxylic acids is 1. The van der Waals surface area contributed by atoms with Crippen molar-refractivity contribution < 1.29 is 9.53 Å². The predicted octanol–water partition coefficient (Wildman–Crippen LogP) is 4.87. The minimum atomic E-state index is -0.00365. The van der Waals surface area contributed by atoms with E-state index in [0.717, 1.165) is 24.3 Å². The molecule has 0 aliphatic heterocycles. The molecule has 3 rings (SSSR count). The van der Waals surface area contributed by atoms with Crippen LogP contribution >= 0.6 is 0 Å². The van der Waals surface area contributed by atoms with E-state index in [1.165, 1.54) is 16.5 Å². The van der Waals surface area contributed by atoms with Crippen LogP contribution in [0.3, 0.4) is 0 Å². The zero-order valence-electron chi connectivity index (χ0n) is 17.2. The third-order valence-corrected chi connectivity index (χ3v) is 5.25. The van der Waals surface area contributed by atoms with E-state index in [1.807, 2.05) is 18.2 Å². The van der Waals surface area contributed by atoms with Gasteiger partial charge in [-0.2, -0.15) is 0 Å².